The average molecular weight is 263 g/mol. The van der Waals surface area contributed by atoms with Gasteiger partial charge in [0.2, 0.25) is 0 Å². The summed E-state index contributed by atoms with van der Waals surface area (Å²) >= 11 is 0. The fourth-order valence-corrected chi connectivity index (χ4v) is 3.16. The van der Waals surface area contributed by atoms with Crippen LogP contribution in [0.15, 0.2) is 0 Å². The van der Waals surface area contributed by atoms with Gasteiger partial charge in [0, 0.05) is 17.8 Å². The highest BCUT2D eigenvalue weighted by molar-refractivity contribution is 5.29. The Morgan fingerprint density at radius 1 is 1.32 bits per heavy atom. The minimum Gasteiger partial charge on any atom is -0.316 e. The van der Waals surface area contributed by atoms with E-state index in [-0.39, 0.29) is 0 Å². The maximum absolute atomic E-state index is 4.81. The Kier molecular flexibility index (Phi) is 4.67. The van der Waals surface area contributed by atoms with E-state index in [2.05, 4.69) is 44.6 Å². The molecule has 1 aromatic rings. The zero-order chi connectivity index (χ0) is 14.0. The summed E-state index contributed by atoms with van der Waals surface area (Å²) in [6.07, 6.45) is 3.95. The van der Waals surface area contributed by atoms with Crippen LogP contribution in [-0.2, 0) is 0 Å². The SMILES string of the molecule is CCCNCC(C)c1c(C)nn(C(C)C2CC2)c1C. The van der Waals surface area contributed by atoms with E-state index in [9.17, 15) is 0 Å². The molecular weight excluding hydrogens is 234 g/mol. The van der Waals surface area contributed by atoms with Crippen LogP contribution < -0.4 is 5.32 Å². The lowest BCUT2D eigenvalue weighted by atomic mass is 9.99. The molecule has 3 nitrogen and oxygen atoms in total. The highest BCUT2D eigenvalue weighted by Crippen LogP contribution is 2.40. The number of nitrogens with zero attached hydrogens (tertiary/aromatic N) is 2. The van der Waals surface area contributed by atoms with E-state index in [1.54, 1.807) is 0 Å². The molecule has 1 aliphatic rings. The third kappa shape index (κ3) is 3.19. The standard InChI is InChI=1S/C16H29N3/c1-6-9-17-10-11(2)16-12(3)18-19(14(16)5)13(4)15-7-8-15/h11,13,15,17H,6-10H2,1-5H3. The minimum absolute atomic E-state index is 0.548. The summed E-state index contributed by atoms with van der Waals surface area (Å²) in [7, 11) is 0. The molecule has 1 aliphatic carbocycles. The Morgan fingerprint density at radius 2 is 2.00 bits per heavy atom. The van der Waals surface area contributed by atoms with E-state index in [4.69, 9.17) is 5.10 Å². The second-order valence-electron chi connectivity index (χ2n) is 6.21. The minimum atomic E-state index is 0.548. The maximum Gasteiger partial charge on any atom is 0.0631 e. The predicted octanol–water partition coefficient (Wildman–Crippen LogP) is 3.57. The van der Waals surface area contributed by atoms with E-state index in [0.717, 1.165) is 19.0 Å². The van der Waals surface area contributed by atoms with E-state index < -0.39 is 0 Å². The zero-order valence-electron chi connectivity index (χ0n) is 13.2. The molecular formula is C16H29N3. The summed E-state index contributed by atoms with van der Waals surface area (Å²) in [5, 5.41) is 8.33. The van der Waals surface area contributed by atoms with Crippen molar-refractivity contribution in [3.05, 3.63) is 17.0 Å². The fraction of sp³-hybridized carbons (Fsp3) is 0.812. The highest BCUT2D eigenvalue weighted by atomic mass is 15.3. The van der Waals surface area contributed by atoms with Crippen molar-refractivity contribution in [2.24, 2.45) is 5.92 Å². The van der Waals surface area contributed by atoms with Crippen LogP contribution in [0.4, 0.5) is 0 Å². The second kappa shape index (κ2) is 6.08. The lowest BCUT2D eigenvalue weighted by Crippen LogP contribution is -2.21. The van der Waals surface area contributed by atoms with Crippen LogP contribution in [0.1, 0.15) is 68.9 Å². The van der Waals surface area contributed by atoms with Crippen molar-refractivity contribution < 1.29 is 0 Å². The molecule has 2 rings (SSSR count). The Labute approximate surface area is 117 Å². The van der Waals surface area contributed by atoms with Crippen molar-refractivity contribution in [1.82, 2.24) is 15.1 Å². The molecule has 0 spiro atoms. The van der Waals surface area contributed by atoms with Crippen LogP contribution >= 0.6 is 0 Å². The second-order valence-corrected chi connectivity index (χ2v) is 6.21. The zero-order valence-corrected chi connectivity index (χ0v) is 13.2. The van der Waals surface area contributed by atoms with Gasteiger partial charge in [-0.2, -0.15) is 5.10 Å². The predicted molar refractivity (Wildman–Crippen MR) is 80.7 cm³/mol. The molecule has 1 fully saturated rings. The van der Waals surface area contributed by atoms with Crippen molar-refractivity contribution in [2.75, 3.05) is 13.1 Å². The Balaban J connectivity index is 2.11. The molecule has 2 unspecified atom stereocenters. The average Bonchev–Trinajstić information content (AvgIpc) is 3.15. The normalized spacial score (nSPS) is 18.6. The molecule has 0 saturated heterocycles. The van der Waals surface area contributed by atoms with Gasteiger partial charge in [-0.3, -0.25) is 4.68 Å². The lowest BCUT2D eigenvalue weighted by Gasteiger charge is -2.16. The first kappa shape index (κ1) is 14.6. The summed E-state index contributed by atoms with van der Waals surface area (Å²) in [5.41, 5.74) is 4.05. The molecule has 108 valence electrons. The van der Waals surface area contributed by atoms with E-state index in [0.29, 0.717) is 12.0 Å². The summed E-state index contributed by atoms with van der Waals surface area (Å²) < 4.78 is 2.28. The number of hydrogen-bond donors (Lipinski definition) is 1. The molecule has 0 aliphatic heterocycles. The van der Waals surface area contributed by atoms with E-state index >= 15 is 0 Å². The molecule has 0 aromatic carbocycles. The molecule has 0 radical (unpaired) electrons. The Hall–Kier alpha value is -0.830. The largest absolute Gasteiger partial charge is 0.316 e. The van der Waals surface area contributed by atoms with Gasteiger partial charge in [0.15, 0.2) is 0 Å². The molecule has 3 heteroatoms. The third-order valence-electron chi connectivity index (χ3n) is 4.44. The molecule has 1 aromatic heterocycles. The van der Waals surface area contributed by atoms with E-state index in [1.807, 2.05) is 0 Å². The van der Waals surface area contributed by atoms with Crippen LogP contribution in [-0.4, -0.2) is 22.9 Å². The monoisotopic (exact) mass is 263 g/mol. The van der Waals surface area contributed by atoms with Crippen molar-refractivity contribution in [3.8, 4) is 0 Å². The molecule has 19 heavy (non-hydrogen) atoms. The first-order valence-corrected chi connectivity index (χ1v) is 7.82. The van der Waals surface area contributed by atoms with Crippen LogP contribution in [0, 0.1) is 19.8 Å². The summed E-state index contributed by atoms with van der Waals surface area (Å²) in [4.78, 5) is 0. The lowest BCUT2D eigenvalue weighted by molar-refractivity contribution is 0.428. The number of aryl methyl sites for hydroxylation is 1. The number of aromatic nitrogens is 2. The number of nitrogens with one attached hydrogen (secondary N) is 1. The van der Waals surface area contributed by atoms with Gasteiger partial charge in [-0.15, -0.1) is 0 Å². The first-order chi connectivity index (χ1) is 9.06. The van der Waals surface area contributed by atoms with Gasteiger partial charge in [0.1, 0.15) is 0 Å². The van der Waals surface area contributed by atoms with Crippen LogP contribution in [0.2, 0.25) is 0 Å². The van der Waals surface area contributed by atoms with Crippen molar-refractivity contribution in [1.29, 1.82) is 0 Å². The van der Waals surface area contributed by atoms with Crippen LogP contribution in [0.25, 0.3) is 0 Å². The Morgan fingerprint density at radius 3 is 2.58 bits per heavy atom. The quantitative estimate of drug-likeness (QED) is 0.762. The maximum atomic E-state index is 4.81. The molecule has 0 bridgehead atoms. The van der Waals surface area contributed by atoms with Crippen LogP contribution in [0.3, 0.4) is 0 Å². The molecule has 0 amide bonds. The molecule has 1 heterocycles. The topological polar surface area (TPSA) is 29.9 Å². The van der Waals surface area contributed by atoms with Crippen molar-refractivity contribution in [3.63, 3.8) is 0 Å². The summed E-state index contributed by atoms with van der Waals surface area (Å²) in [6, 6.07) is 0.572. The van der Waals surface area contributed by atoms with Gasteiger partial charge in [-0.05, 0) is 58.4 Å². The third-order valence-corrected chi connectivity index (χ3v) is 4.44. The Bertz CT molecular complexity index is 418. The summed E-state index contributed by atoms with van der Waals surface area (Å²) in [6.45, 7) is 13.4. The first-order valence-electron chi connectivity index (χ1n) is 7.82. The smallest absolute Gasteiger partial charge is 0.0631 e. The molecule has 1 saturated carbocycles. The van der Waals surface area contributed by atoms with Crippen LogP contribution in [0.5, 0.6) is 0 Å². The van der Waals surface area contributed by atoms with Gasteiger partial charge >= 0.3 is 0 Å². The van der Waals surface area contributed by atoms with Gasteiger partial charge in [-0.1, -0.05) is 13.8 Å². The highest BCUT2D eigenvalue weighted by Gasteiger charge is 2.31. The number of hydrogen-bond acceptors (Lipinski definition) is 2. The van der Waals surface area contributed by atoms with Gasteiger partial charge in [-0.25, -0.2) is 0 Å². The molecule has 1 N–H and O–H groups in total. The van der Waals surface area contributed by atoms with E-state index in [1.165, 1.54) is 36.2 Å². The van der Waals surface area contributed by atoms with Gasteiger partial charge in [0.25, 0.3) is 0 Å². The van der Waals surface area contributed by atoms with Crippen molar-refractivity contribution >= 4 is 0 Å². The molecule has 2 atom stereocenters. The fourth-order valence-electron chi connectivity index (χ4n) is 3.16. The number of rotatable bonds is 7. The van der Waals surface area contributed by atoms with Gasteiger partial charge < -0.3 is 5.32 Å². The van der Waals surface area contributed by atoms with Crippen molar-refractivity contribution in [2.45, 2.75) is 65.8 Å². The summed E-state index contributed by atoms with van der Waals surface area (Å²) in [5.74, 6) is 1.41. The van der Waals surface area contributed by atoms with Gasteiger partial charge in [0.05, 0.1) is 11.7 Å².